The minimum absolute atomic E-state index is 0.618. The predicted molar refractivity (Wildman–Crippen MR) is 83.5 cm³/mol. The average molecular weight is 287 g/mol. The van der Waals surface area contributed by atoms with Crippen LogP contribution in [0, 0.1) is 0 Å². The summed E-state index contributed by atoms with van der Waals surface area (Å²) in [6, 6.07) is 6.43. The van der Waals surface area contributed by atoms with Gasteiger partial charge in [-0.25, -0.2) is 4.98 Å². The van der Waals surface area contributed by atoms with E-state index < -0.39 is 0 Å². The molecule has 1 aromatic carbocycles. The number of nitrogen functional groups attached to an aromatic ring is 1. The van der Waals surface area contributed by atoms with Crippen molar-refractivity contribution >= 4 is 22.7 Å². The first-order valence-electron chi connectivity index (χ1n) is 7.61. The Kier molecular flexibility index (Phi) is 3.20. The van der Waals surface area contributed by atoms with E-state index >= 15 is 0 Å². The van der Waals surface area contributed by atoms with Gasteiger partial charge in [0.15, 0.2) is 0 Å². The molecular formula is C15H21N5O. The monoisotopic (exact) mass is 287 g/mol. The van der Waals surface area contributed by atoms with Crippen LogP contribution in [0.25, 0.3) is 11.0 Å². The van der Waals surface area contributed by atoms with E-state index in [1.165, 1.54) is 6.42 Å². The Labute approximate surface area is 123 Å². The van der Waals surface area contributed by atoms with E-state index in [2.05, 4.69) is 19.8 Å². The number of ether oxygens (including phenoxy) is 1. The quantitative estimate of drug-likeness (QED) is 0.808. The standard InChI is InChI=1S/C15H21N5O/c16-11-1-2-13-14(9-11)18-15(17-13)20-4-3-12(10-20)19-5-7-21-8-6-19/h1-2,9,12H,3-8,10,16H2,(H,17,18). The highest BCUT2D eigenvalue weighted by atomic mass is 16.5. The van der Waals surface area contributed by atoms with Gasteiger partial charge in [-0.15, -0.1) is 0 Å². The number of aromatic amines is 1. The Hall–Kier alpha value is -1.79. The van der Waals surface area contributed by atoms with Gasteiger partial charge in [-0.2, -0.15) is 0 Å². The molecule has 2 aliphatic rings. The number of imidazole rings is 1. The lowest BCUT2D eigenvalue weighted by molar-refractivity contribution is 0.0209. The third kappa shape index (κ3) is 2.45. The number of nitrogens with zero attached hydrogens (tertiary/aromatic N) is 3. The lowest BCUT2D eigenvalue weighted by Gasteiger charge is -2.32. The van der Waals surface area contributed by atoms with Crippen molar-refractivity contribution in [2.75, 3.05) is 50.0 Å². The van der Waals surface area contributed by atoms with E-state index in [-0.39, 0.29) is 0 Å². The summed E-state index contributed by atoms with van der Waals surface area (Å²) in [4.78, 5) is 13.0. The Morgan fingerprint density at radius 2 is 2.10 bits per heavy atom. The minimum atomic E-state index is 0.618. The van der Waals surface area contributed by atoms with Crippen molar-refractivity contribution in [1.82, 2.24) is 14.9 Å². The van der Waals surface area contributed by atoms with Crippen LogP contribution in [0.3, 0.4) is 0 Å². The molecule has 0 saturated carbocycles. The topological polar surface area (TPSA) is 70.4 Å². The summed E-state index contributed by atoms with van der Waals surface area (Å²) in [7, 11) is 0. The van der Waals surface area contributed by atoms with Gasteiger partial charge in [0.25, 0.3) is 0 Å². The summed E-state index contributed by atoms with van der Waals surface area (Å²) in [5.41, 5.74) is 8.59. The number of morpholine rings is 1. The fraction of sp³-hybridized carbons (Fsp3) is 0.533. The fourth-order valence-electron chi connectivity index (χ4n) is 3.34. The van der Waals surface area contributed by atoms with Crippen molar-refractivity contribution < 1.29 is 4.74 Å². The molecular weight excluding hydrogens is 266 g/mol. The molecule has 4 rings (SSSR count). The molecule has 0 bridgehead atoms. The Morgan fingerprint density at radius 1 is 1.24 bits per heavy atom. The summed E-state index contributed by atoms with van der Waals surface area (Å²) in [6.07, 6.45) is 1.19. The number of aromatic nitrogens is 2. The van der Waals surface area contributed by atoms with Crippen molar-refractivity contribution in [3.05, 3.63) is 18.2 Å². The van der Waals surface area contributed by atoms with Gasteiger partial charge in [-0.3, -0.25) is 4.90 Å². The Balaban J connectivity index is 1.50. The molecule has 21 heavy (non-hydrogen) atoms. The van der Waals surface area contributed by atoms with Crippen molar-refractivity contribution in [2.45, 2.75) is 12.5 Å². The molecule has 2 fully saturated rings. The highest BCUT2D eigenvalue weighted by molar-refractivity contribution is 5.80. The van der Waals surface area contributed by atoms with Gasteiger partial charge >= 0.3 is 0 Å². The molecule has 0 aliphatic carbocycles. The van der Waals surface area contributed by atoms with Crippen LogP contribution < -0.4 is 10.6 Å². The lowest BCUT2D eigenvalue weighted by atomic mass is 10.2. The van der Waals surface area contributed by atoms with Crippen LogP contribution in [0.2, 0.25) is 0 Å². The number of hydrogen-bond acceptors (Lipinski definition) is 5. The van der Waals surface area contributed by atoms with Gasteiger partial charge in [0.1, 0.15) is 0 Å². The molecule has 1 unspecified atom stereocenters. The number of fused-ring (bicyclic) bond motifs is 1. The van der Waals surface area contributed by atoms with Gasteiger partial charge in [0.2, 0.25) is 5.95 Å². The van der Waals surface area contributed by atoms with Crippen LogP contribution in [-0.2, 0) is 4.74 Å². The summed E-state index contributed by atoms with van der Waals surface area (Å²) in [5, 5.41) is 0. The Bertz CT molecular complexity index is 634. The zero-order valence-corrected chi connectivity index (χ0v) is 12.1. The first-order valence-corrected chi connectivity index (χ1v) is 7.61. The number of nitrogens with one attached hydrogen (secondary N) is 1. The smallest absolute Gasteiger partial charge is 0.203 e. The fourth-order valence-corrected chi connectivity index (χ4v) is 3.34. The van der Waals surface area contributed by atoms with Crippen LogP contribution in [0.4, 0.5) is 11.6 Å². The third-order valence-electron chi connectivity index (χ3n) is 4.52. The predicted octanol–water partition coefficient (Wildman–Crippen LogP) is 1.06. The van der Waals surface area contributed by atoms with Crippen LogP contribution in [0.1, 0.15) is 6.42 Å². The average Bonchev–Trinajstić information content (AvgIpc) is 3.14. The summed E-state index contributed by atoms with van der Waals surface area (Å²) in [5.74, 6) is 0.964. The number of hydrogen-bond donors (Lipinski definition) is 2. The second-order valence-electron chi connectivity index (χ2n) is 5.87. The zero-order chi connectivity index (χ0) is 14.2. The normalized spacial score (nSPS) is 24.0. The highest BCUT2D eigenvalue weighted by Gasteiger charge is 2.30. The molecule has 0 amide bonds. The second-order valence-corrected chi connectivity index (χ2v) is 5.87. The number of benzene rings is 1. The maximum absolute atomic E-state index is 5.83. The highest BCUT2D eigenvalue weighted by Crippen LogP contribution is 2.24. The summed E-state index contributed by atoms with van der Waals surface area (Å²) < 4.78 is 5.44. The van der Waals surface area contributed by atoms with Crippen LogP contribution in [-0.4, -0.2) is 60.3 Å². The van der Waals surface area contributed by atoms with E-state index in [4.69, 9.17) is 10.5 Å². The van der Waals surface area contributed by atoms with E-state index in [1.54, 1.807) is 0 Å². The zero-order valence-electron chi connectivity index (χ0n) is 12.1. The second kappa shape index (κ2) is 5.20. The molecule has 1 atom stereocenters. The van der Waals surface area contributed by atoms with Gasteiger partial charge in [-0.1, -0.05) is 0 Å². The van der Waals surface area contributed by atoms with Crippen molar-refractivity contribution in [3.63, 3.8) is 0 Å². The number of rotatable bonds is 2. The van der Waals surface area contributed by atoms with Crippen LogP contribution in [0.15, 0.2) is 18.2 Å². The molecule has 6 nitrogen and oxygen atoms in total. The summed E-state index contributed by atoms with van der Waals surface area (Å²) in [6.45, 7) is 5.91. The van der Waals surface area contributed by atoms with Gasteiger partial charge in [-0.05, 0) is 24.6 Å². The molecule has 6 heteroatoms. The molecule has 0 radical (unpaired) electrons. The molecule has 0 spiro atoms. The van der Waals surface area contributed by atoms with Crippen molar-refractivity contribution in [2.24, 2.45) is 0 Å². The molecule has 1 aromatic heterocycles. The first kappa shape index (κ1) is 12.9. The maximum Gasteiger partial charge on any atom is 0.203 e. The maximum atomic E-state index is 5.83. The minimum Gasteiger partial charge on any atom is -0.399 e. The van der Waals surface area contributed by atoms with E-state index in [1.807, 2.05) is 18.2 Å². The van der Waals surface area contributed by atoms with Gasteiger partial charge in [0.05, 0.1) is 24.2 Å². The SMILES string of the molecule is Nc1ccc2nc(N3CCC(N4CCOCC4)C3)[nH]c2c1. The third-order valence-corrected chi connectivity index (χ3v) is 4.52. The summed E-state index contributed by atoms with van der Waals surface area (Å²) >= 11 is 0. The molecule has 2 aromatic rings. The van der Waals surface area contributed by atoms with E-state index in [0.717, 1.165) is 62.1 Å². The molecule has 3 N–H and O–H groups in total. The number of anilines is 2. The van der Waals surface area contributed by atoms with Crippen LogP contribution in [0.5, 0.6) is 0 Å². The van der Waals surface area contributed by atoms with E-state index in [9.17, 15) is 0 Å². The molecule has 2 saturated heterocycles. The number of nitrogens with two attached hydrogens (primary N) is 1. The van der Waals surface area contributed by atoms with Crippen LogP contribution >= 0.6 is 0 Å². The van der Waals surface area contributed by atoms with Gasteiger partial charge in [0, 0.05) is 37.9 Å². The van der Waals surface area contributed by atoms with Gasteiger partial charge < -0.3 is 20.4 Å². The molecule has 112 valence electrons. The first-order chi connectivity index (χ1) is 10.3. The molecule has 2 aliphatic heterocycles. The molecule has 3 heterocycles. The Morgan fingerprint density at radius 3 is 2.95 bits per heavy atom. The number of H-pyrrole nitrogens is 1. The van der Waals surface area contributed by atoms with Crippen molar-refractivity contribution in [1.29, 1.82) is 0 Å². The van der Waals surface area contributed by atoms with Crippen molar-refractivity contribution in [3.8, 4) is 0 Å². The van der Waals surface area contributed by atoms with E-state index in [0.29, 0.717) is 6.04 Å². The largest absolute Gasteiger partial charge is 0.399 e. The lowest BCUT2D eigenvalue weighted by Crippen LogP contribution is -2.44.